The van der Waals surface area contributed by atoms with Gasteiger partial charge in [-0.25, -0.2) is 0 Å². The standard InChI is InChI=1S/C15H32N2O/c1-6-8-15(11-16,9-7-2)17-10-13(3)18-14(4,5)12-17/h13H,6-12,16H2,1-5H3. The molecular formula is C15H32N2O. The third-order valence-electron chi connectivity index (χ3n) is 4.05. The minimum Gasteiger partial charge on any atom is -0.370 e. The van der Waals surface area contributed by atoms with Crippen LogP contribution in [-0.2, 0) is 4.74 Å². The summed E-state index contributed by atoms with van der Waals surface area (Å²) in [7, 11) is 0. The number of rotatable bonds is 6. The van der Waals surface area contributed by atoms with E-state index < -0.39 is 0 Å². The molecule has 18 heavy (non-hydrogen) atoms. The Morgan fingerprint density at radius 2 is 1.83 bits per heavy atom. The van der Waals surface area contributed by atoms with Crippen LogP contribution >= 0.6 is 0 Å². The van der Waals surface area contributed by atoms with E-state index >= 15 is 0 Å². The Kier molecular flexibility index (Phi) is 5.63. The summed E-state index contributed by atoms with van der Waals surface area (Å²) >= 11 is 0. The van der Waals surface area contributed by atoms with Gasteiger partial charge in [0.1, 0.15) is 0 Å². The maximum absolute atomic E-state index is 6.16. The van der Waals surface area contributed by atoms with Crippen LogP contribution in [-0.4, -0.2) is 41.8 Å². The summed E-state index contributed by atoms with van der Waals surface area (Å²) in [5.74, 6) is 0. The van der Waals surface area contributed by atoms with Gasteiger partial charge in [-0.05, 0) is 33.6 Å². The molecule has 1 fully saturated rings. The van der Waals surface area contributed by atoms with E-state index in [0.29, 0.717) is 6.10 Å². The van der Waals surface area contributed by atoms with E-state index in [1.54, 1.807) is 0 Å². The lowest BCUT2D eigenvalue weighted by Gasteiger charge is -2.51. The van der Waals surface area contributed by atoms with E-state index in [2.05, 4.69) is 39.5 Å². The molecular weight excluding hydrogens is 224 g/mol. The van der Waals surface area contributed by atoms with Crippen molar-refractivity contribution >= 4 is 0 Å². The van der Waals surface area contributed by atoms with Crippen molar-refractivity contribution in [2.24, 2.45) is 5.73 Å². The van der Waals surface area contributed by atoms with Crippen molar-refractivity contribution in [1.29, 1.82) is 0 Å². The molecule has 2 N–H and O–H groups in total. The minimum atomic E-state index is -0.0560. The van der Waals surface area contributed by atoms with Crippen molar-refractivity contribution in [3.05, 3.63) is 0 Å². The Hall–Kier alpha value is -0.120. The normalized spacial score (nSPS) is 25.3. The van der Waals surface area contributed by atoms with Gasteiger partial charge in [0.05, 0.1) is 11.7 Å². The first kappa shape index (κ1) is 15.9. The molecule has 3 nitrogen and oxygen atoms in total. The van der Waals surface area contributed by atoms with Crippen molar-refractivity contribution in [2.45, 2.75) is 77.5 Å². The molecule has 0 saturated carbocycles. The van der Waals surface area contributed by atoms with Gasteiger partial charge in [0.2, 0.25) is 0 Å². The number of morpholine rings is 1. The highest BCUT2D eigenvalue weighted by Crippen LogP contribution is 2.32. The van der Waals surface area contributed by atoms with Crippen molar-refractivity contribution in [1.82, 2.24) is 4.90 Å². The van der Waals surface area contributed by atoms with Gasteiger partial charge in [-0.2, -0.15) is 0 Å². The predicted octanol–water partition coefficient (Wildman–Crippen LogP) is 2.78. The molecule has 0 bridgehead atoms. The smallest absolute Gasteiger partial charge is 0.0757 e. The van der Waals surface area contributed by atoms with Gasteiger partial charge < -0.3 is 10.5 Å². The first-order valence-corrected chi connectivity index (χ1v) is 7.52. The second-order valence-corrected chi connectivity index (χ2v) is 6.50. The molecule has 0 amide bonds. The summed E-state index contributed by atoms with van der Waals surface area (Å²) in [5, 5.41) is 0. The molecule has 1 aliphatic heterocycles. The Bertz CT molecular complexity index is 247. The lowest BCUT2D eigenvalue weighted by atomic mass is 9.84. The van der Waals surface area contributed by atoms with Crippen LogP contribution in [0.3, 0.4) is 0 Å². The first-order chi connectivity index (χ1) is 8.39. The van der Waals surface area contributed by atoms with E-state index in [0.717, 1.165) is 19.6 Å². The third-order valence-corrected chi connectivity index (χ3v) is 4.05. The zero-order valence-electron chi connectivity index (χ0n) is 13.0. The van der Waals surface area contributed by atoms with Crippen LogP contribution in [0.5, 0.6) is 0 Å². The summed E-state index contributed by atoms with van der Waals surface area (Å²) < 4.78 is 6.02. The molecule has 1 heterocycles. The molecule has 1 unspecified atom stereocenters. The van der Waals surface area contributed by atoms with Crippen LogP contribution in [0.25, 0.3) is 0 Å². The van der Waals surface area contributed by atoms with Crippen LogP contribution in [0.15, 0.2) is 0 Å². The fourth-order valence-electron chi connectivity index (χ4n) is 3.52. The molecule has 0 aromatic heterocycles. The Morgan fingerprint density at radius 3 is 2.22 bits per heavy atom. The van der Waals surface area contributed by atoms with Gasteiger partial charge in [-0.3, -0.25) is 4.90 Å². The first-order valence-electron chi connectivity index (χ1n) is 7.52. The number of ether oxygens (including phenoxy) is 1. The topological polar surface area (TPSA) is 38.5 Å². The van der Waals surface area contributed by atoms with Crippen LogP contribution in [0.2, 0.25) is 0 Å². The van der Waals surface area contributed by atoms with Crippen molar-refractivity contribution in [3.8, 4) is 0 Å². The number of hydrogen-bond donors (Lipinski definition) is 1. The van der Waals surface area contributed by atoms with E-state index in [-0.39, 0.29) is 11.1 Å². The van der Waals surface area contributed by atoms with Crippen LogP contribution in [0.1, 0.15) is 60.3 Å². The highest BCUT2D eigenvalue weighted by Gasteiger charge is 2.41. The second kappa shape index (κ2) is 6.36. The SMILES string of the molecule is CCCC(CN)(CCC)N1CC(C)OC(C)(C)C1. The minimum absolute atomic E-state index is 0.0560. The van der Waals surface area contributed by atoms with Crippen LogP contribution < -0.4 is 5.73 Å². The van der Waals surface area contributed by atoms with Crippen LogP contribution in [0.4, 0.5) is 0 Å². The largest absolute Gasteiger partial charge is 0.370 e. The van der Waals surface area contributed by atoms with E-state index in [1.165, 1.54) is 25.7 Å². The molecule has 3 heteroatoms. The maximum atomic E-state index is 6.16. The maximum Gasteiger partial charge on any atom is 0.0757 e. The zero-order valence-corrected chi connectivity index (χ0v) is 13.0. The third kappa shape index (κ3) is 3.69. The average molecular weight is 256 g/mol. The molecule has 0 aromatic rings. The summed E-state index contributed by atoms with van der Waals surface area (Å²) in [6, 6.07) is 0. The van der Waals surface area contributed by atoms with Gasteiger partial charge in [0, 0.05) is 25.2 Å². The molecule has 1 atom stereocenters. The fraction of sp³-hybridized carbons (Fsp3) is 1.00. The Morgan fingerprint density at radius 1 is 1.28 bits per heavy atom. The fourth-order valence-corrected chi connectivity index (χ4v) is 3.52. The van der Waals surface area contributed by atoms with Gasteiger partial charge >= 0.3 is 0 Å². The highest BCUT2D eigenvalue weighted by molar-refractivity contribution is 4.96. The van der Waals surface area contributed by atoms with Gasteiger partial charge in [-0.15, -0.1) is 0 Å². The van der Waals surface area contributed by atoms with Gasteiger partial charge in [0.25, 0.3) is 0 Å². The molecule has 0 radical (unpaired) electrons. The monoisotopic (exact) mass is 256 g/mol. The summed E-state index contributed by atoms with van der Waals surface area (Å²) in [5.41, 5.74) is 6.29. The van der Waals surface area contributed by atoms with Gasteiger partial charge in [0.15, 0.2) is 0 Å². The highest BCUT2D eigenvalue weighted by atomic mass is 16.5. The number of nitrogens with two attached hydrogens (primary N) is 1. The van der Waals surface area contributed by atoms with E-state index in [9.17, 15) is 0 Å². The van der Waals surface area contributed by atoms with Crippen molar-refractivity contribution in [2.75, 3.05) is 19.6 Å². The van der Waals surface area contributed by atoms with Gasteiger partial charge in [-0.1, -0.05) is 26.7 Å². The molecule has 0 aromatic carbocycles. The Balaban J connectivity index is 2.89. The number of nitrogens with zero attached hydrogens (tertiary/aromatic N) is 1. The lowest BCUT2D eigenvalue weighted by molar-refractivity contribution is -0.154. The number of hydrogen-bond acceptors (Lipinski definition) is 3. The lowest BCUT2D eigenvalue weighted by Crippen LogP contribution is -2.63. The summed E-state index contributed by atoms with van der Waals surface area (Å²) in [6.07, 6.45) is 5.08. The van der Waals surface area contributed by atoms with E-state index in [4.69, 9.17) is 10.5 Å². The molecule has 1 saturated heterocycles. The summed E-state index contributed by atoms with van der Waals surface area (Å²) in [4.78, 5) is 2.61. The van der Waals surface area contributed by atoms with Crippen LogP contribution in [0, 0.1) is 0 Å². The van der Waals surface area contributed by atoms with E-state index in [1.807, 2.05) is 0 Å². The zero-order chi connectivity index (χ0) is 13.8. The van der Waals surface area contributed by atoms with Crippen molar-refractivity contribution < 1.29 is 4.74 Å². The molecule has 1 rings (SSSR count). The second-order valence-electron chi connectivity index (χ2n) is 6.50. The summed E-state index contributed by atoms with van der Waals surface area (Å²) in [6.45, 7) is 13.8. The predicted molar refractivity (Wildman–Crippen MR) is 77.8 cm³/mol. The Labute approximate surface area is 113 Å². The average Bonchev–Trinajstić information content (AvgIpc) is 2.25. The molecule has 108 valence electrons. The molecule has 1 aliphatic rings. The van der Waals surface area contributed by atoms with Crippen molar-refractivity contribution in [3.63, 3.8) is 0 Å². The molecule has 0 aliphatic carbocycles. The quantitative estimate of drug-likeness (QED) is 0.794. The molecule has 0 spiro atoms.